The number of nitrogens with zero attached hydrogens (tertiary/aromatic N) is 2. The Bertz CT molecular complexity index is 1800. The predicted octanol–water partition coefficient (Wildman–Crippen LogP) is 7.10. The number of carbonyl (C=O) groups excluding carboxylic acids is 2. The lowest BCUT2D eigenvalue weighted by atomic mass is 9.67. The number of likely N-dealkylation sites (N-methyl/N-ethyl adjacent to an activating group) is 1. The van der Waals surface area contributed by atoms with Crippen LogP contribution in [0.3, 0.4) is 0 Å². The van der Waals surface area contributed by atoms with Crippen LogP contribution in [0.4, 0.5) is 0 Å². The fourth-order valence-corrected chi connectivity index (χ4v) is 13.4. The summed E-state index contributed by atoms with van der Waals surface area (Å²) in [6.07, 6.45) is 4.04. The van der Waals surface area contributed by atoms with Gasteiger partial charge in [0, 0.05) is 48.8 Å². The molecule has 0 bridgehead atoms. The van der Waals surface area contributed by atoms with E-state index in [-0.39, 0.29) is 78.5 Å². The van der Waals surface area contributed by atoms with Crippen molar-refractivity contribution in [2.45, 2.75) is 165 Å². The number of aromatic nitrogens is 1. The second-order valence-electron chi connectivity index (χ2n) is 18.0. The lowest BCUT2D eigenvalue weighted by molar-refractivity contribution is -0.311. The molecule has 0 spiro atoms. The third-order valence-electron chi connectivity index (χ3n) is 14.4. The van der Waals surface area contributed by atoms with Crippen molar-refractivity contribution < 1.29 is 47.9 Å². The van der Waals surface area contributed by atoms with E-state index in [0.29, 0.717) is 12.5 Å². The zero-order valence-corrected chi connectivity index (χ0v) is 37.5. The SMILES string of the molecule is CC[C@H]1CCC[C@H](O[C@H]2CC[C@H](N(C)C)C(C)O2)[C@@H](C)C(=O)C2=C[C@H]3[C@@H]4C[C@H](O[C@@H]5OC(C)[C@H](O)C(OC)C5OC)C[C@H]4c4nc(-c5cccs5)sc4[C@H]3[C@@H]2CC(=O)O1. The molecule has 14 heteroatoms. The first-order chi connectivity index (χ1) is 28.4. The van der Waals surface area contributed by atoms with Gasteiger partial charge >= 0.3 is 5.97 Å². The second kappa shape index (κ2) is 18.3. The Balaban J connectivity index is 1.13. The molecule has 3 saturated heterocycles. The van der Waals surface area contributed by atoms with E-state index in [1.165, 1.54) is 0 Å². The molecule has 5 heterocycles. The van der Waals surface area contributed by atoms with Gasteiger partial charge in [0.05, 0.1) is 41.4 Å². The van der Waals surface area contributed by atoms with Gasteiger partial charge in [-0.2, -0.15) is 0 Å². The highest BCUT2D eigenvalue weighted by Crippen LogP contribution is 2.63. The summed E-state index contributed by atoms with van der Waals surface area (Å²) in [6, 6.07) is 4.47. The summed E-state index contributed by atoms with van der Waals surface area (Å²) in [5, 5.41) is 13.9. The van der Waals surface area contributed by atoms with Crippen LogP contribution in [0.5, 0.6) is 0 Å². The van der Waals surface area contributed by atoms with Crippen LogP contribution in [-0.4, -0.2) is 123 Å². The Hall–Kier alpha value is -2.11. The Morgan fingerprint density at radius 3 is 2.46 bits per heavy atom. The van der Waals surface area contributed by atoms with Crippen LogP contribution < -0.4 is 0 Å². The Morgan fingerprint density at radius 2 is 1.76 bits per heavy atom. The minimum Gasteiger partial charge on any atom is -0.462 e. The van der Waals surface area contributed by atoms with Crippen molar-refractivity contribution in [3.05, 3.63) is 39.7 Å². The average molecular weight is 857 g/mol. The number of allylic oxidation sites excluding steroid dienone is 2. The summed E-state index contributed by atoms with van der Waals surface area (Å²) in [5.41, 5.74) is 1.78. The van der Waals surface area contributed by atoms with E-state index in [4.69, 9.17) is 38.1 Å². The number of ketones is 1. The molecule has 326 valence electrons. The minimum atomic E-state index is -0.855. The Labute approximate surface area is 357 Å². The van der Waals surface area contributed by atoms with Gasteiger partial charge in [0.2, 0.25) is 0 Å². The number of hydrogen-bond acceptors (Lipinski definition) is 14. The van der Waals surface area contributed by atoms with Gasteiger partial charge in [0.25, 0.3) is 0 Å². The number of aliphatic hydroxyl groups is 1. The molecule has 3 aliphatic carbocycles. The van der Waals surface area contributed by atoms with Crippen molar-refractivity contribution in [2.75, 3.05) is 28.3 Å². The summed E-state index contributed by atoms with van der Waals surface area (Å²) < 4.78 is 44.0. The first-order valence-corrected chi connectivity index (χ1v) is 23.6. The van der Waals surface area contributed by atoms with Gasteiger partial charge in [-0.1, -0.05) is 26.0 Å². The van der Waals surface area contributed by atoms with E-state index >= 15 is 4.79 Å². The van der Waals surface area contributed by atoms with E-state index in [1.807, 2.05) is 19.9 Å². The highest BCUT2D eigenvalue weighted by molar-refractivity contribution is 7.21. The molecule has 2 aromatic rings. The molecule has 2 aromatic heterocycles. The highest BCUT2D eigenvalue weighted by Gasteiger charge is 2.57. The quantitative estimate of drug-likeness (QED) is 0.258. The third kappa shape index (κ3) is 8.54. The van der Waals surface area contributed by atoms with Crippen LogP contribution in [0.15, 0.2) is 29.2 Å². The van der Waals surface area contributed by atoms with Gasteiger partial charge in [-0.3, -0.25) is 9.59 Å². The molecular formula is C45H64N2O10S2. The number of ether oxygens (including phenoxy) is 7. The molecule has 17 atom stereocenters. The van der Waals surface area contributed by atoms with Crippen molar-refractivity contribution in [3.8, 4) is 9.88 Å². The average Bonchev–Trinajstić information content (AvgIpc) is 4.03. The lowest BCUT2D eigenvalue weighted by Crippen LogP contribution is -2.59. The fourth-order valence-electron chi connectivity index (χ4n) is 11.3. The van der Waals surface area contributed by atoms with Crippen LogP contribution in [0.2, 0.25) is 0 Å². The number of esters is 1. The van der Waals surface area contributed by atoms with Gasteiger partial charge in [0.15, 0.2) is 18.4 Å². The molecule has 0 aromatic carbocycles. The molecule has 0 amide bonds. The summed E-state index contributed by atoms with van der Waals surface area (Å²) in [6.45, 7) is 8.01. The lowest BCUT2D eigenvalue weighted by Gasteiger charge is -2.43. The summed E-state index contributed by atoms with van der Waals surface area (Å²) in [5.74, 6) is -0.879. The summed E-state index contributed by atoms with van der Waals surface area (Å²) in [7, 11) is 7.33. The van der Waals surface area contributed by atoms with Gasteiger partial charge in [-0.15, -0.1) is 22.7 Å². The van der Waals surface area contributed by atoms with Gasteiger partial charge in [0.1, 0.15) is 29.4 Å². The molecule has 4 fully saturated rings. The van der Waals surface area contributed by atoms with E-state index in [0.717, 1.165) is 71.0 Å². The van der Waals surface area contributed by atoms with Crippen molar-refractivity contribution in [1.29, 1.82) is 0 Å². The maximum absolute atomic E-state index is 15.1. The van der Waals surface area contributed by atoms with E-state index in [9.17, 15) is 9.90 Å². The number of thiophene rings is 1. The number of methoxy groups -OCH3 is 2. The standard InChI is InChI=1S/C45H64N2O10S2/c1-9-25-12-10-13-33(57-36-16-15-32(47(5)6)23(3)53-36)22(2)39(49)31-20-28-27-18-26(56-45-42(52-8)41(51-7)40(50)24(4)54-45)19-30(27)38-43(37(28)29(31)21-35(48)55-25)59-44(46-38)34-14-11-17-58-34/h11,14,17,20,22-30,32-33,36-37,40-42,45,50H,9-10,12-13,15-16,18-19,21H2,1-8H3/t22-,23?,24?,25+,26+,27+,28+,29-,30-,32+,33+,36+,37-,40+,41?,42?,45+/m1/s1. The van der Waals surface area contributed by atoms with Crippen molar-refractivity contribution in [1.82, 2.24) is 9.88 Å². The van der Waals surface area contributed by atoms with E-state index in [1.54, 1.807) is 36.9 Å². The number of cyclic esters (lactones) is 1. The van der Waals surface area contributed by atoms with Crippen LogP contribution in [0.1, 0.15) is 108 Å². The molecule has 12 nitrogen and oxygen atoms in total. The number of hydrogen-bond donors (Lipinski definition) is 1. The van der Waals surface area contributed by atoms with Crippen LogP contribution in [0, 0.1) is 23.7 Å². The second-order valence-corrected chi connectivity index (χ2v) is 20.0. The Kier molecular flexibility index (Phi) is 13.5. The highest BCUT2D eigenvalue weighted by atomic mass is 32.1. The number of carbonyl (C=O) groups is 2. The van der Waals surface area contributed by atoms with Crippen LogP contribution in [-0.2, 0) is 42.7 Å². The number of rotatable bonds is 9. The zero-order chi connectivity index (χ0) is 41.7. The molecule has 6 aliphatic rings. The maximum Gasteiger partial charge on any atom is 0.306 e. The maximum atomic E-state index is 15.1. The monoisotopic (exact) mass is 856 g/mol. The normalized spacial score (nSPS) is 41.6. The minimum absolute atomic E-state index is 0.00313. The summed E-state index contributed by atoms with van der Waals surface area (Å²) in [4.78, 5) is 39.0. The van der Waals surface area contributed by atoms with Gasteiger partial charge in [-0.05, 0) is 108 Å². The van der Waals surface area contributed by atoms with Gasteiger partial charge < -0.3 is 43.2 Å². The third-order valence-corrected chi connectivity index (χ3v) is 16.6. The molecule has 3 aliphatic heterocycles. The largest absolute Gasteiger partial charge is 0.462 e. The number of thiazole rings is 1. The first-order valence-electron chi connectivity index (χ1n) is 21.9. The molecule has 59 heavy (non-hydrogen) atoms. The zero-order valence-electron chi connectivity index (χ0n) is 35.8. The van der Waals surface area contributed by atoms with Crippen LogP contribution >= 0.6 is 22.7 Å². The molecule has 1 saturated carbocycles. The molecule has 4 unspecified atom stereocenters. The first kappa shape index (κ1) is 43.5. The van der Waals surface area contributed by atoms with E-state index in [2.05, 4.69) is 50.4 Å². The molecule has 0 radical (unpaired) electrons. The van der Waals surface area contributed by atoms with Gasteiger partial charge in [-0.25, -0.2) is 4.98 Å². The molecular weight excluding hydrogens is 793 g/mol. The smallest absolute Gasteiger partial charge is 0.306 e. The van der Waals surface area contributed by atoms with Crippen molar-refractivity contribution in [3.63, 3.8) is 0 Å². The van der Waals surface area contributed by atoms with Crippen molar-refractivity contribution >= 4 is 34.4 Å². The molecule has 8 rings (SSSR count). The Morgan fingerprint density at radius 1 is 0.966 bits per heavy atom. The van der Waals surface area contributed by atoms with Crippen LogP contribution in [0.25, 0.3) is 9.88 Å². The number of aliphatic hydroxyl groups excluding tert-OH is 1. The predicted molar refractivity (Wildman–Crippen MR) is 224 cm³/mol. The molecule has 1 N–H and O–H groups in total. The topological polar surface area (TPSA) is 135 Å². The summed E-state index contributed by atoms with van der Waals surface area (Å²) >= 11 is 3.38. The van der Waals surface area contributed by atoms with Crippen molar-refractivity contribution in [2.24, 2.45) is 23.7 Å². The van der Waals surface area contributed by atoms with E-state index < -0.39 is 36.6 Å². The number of fused-ring (bicyclic) bond motifs is 8. The fraction of sp³-hybridized carbons (Fsp3) is 0.756. The number of Topliss-reactive ketones (excluding diaryl/α,β-unsaturated/α-hetero) is 1.